The number of thiazole rings is 1. The van der Waals surface area contributed by atoms with E-state index < -0.39 is 0 Å². The highest BCUT2D eigenvalue weighted by Gasteiger charge is 2.12. The number of phenols is 1. The van der Waals surface area contributed by atoms with Crippen LogP contribution < -0.4 is 5.32 Å². The van der Waals surface area contributed by atoms with E-state index >= 15 is 0 Å². The lowest BCUT2D eigenvalue weighted by molar-refractivity contribution is 0.102. The molecular weight excluding hydrogens is 322 g/mol. The van der Waals surface area contributed by atoms with Crippen molar-refractivity contribution in [2.75, 3.05) is 5.32 Å². The van der Waals surface area contributed by atoms with Crippen LogP contribution in [0.1, 0.15) is 10.4 Å². The van der Waals surface area contributed by atoms with E-state index in [0.29, 0.717) is 16.4 Å². The molecule has 0 saturated carbocycles. The summed E-state index contributed by atoms with van der Waals surface area (Å²) in [5, 5.41) is 14.5. The molecule has 1 amide bonds. The van der Waals surface area contributed by atoms with Gasteiger partial charge in [-0.25, -0.2) is 4.98 Å². The molecule has 3 aromatic rings. The molecule has 0 aliphatic carbocycles. The van der Waals surface area contributed by atoms with Crippen molar-refractivity contribution in [3.63, 3.8) is 0 Å². The van der Waals surface area contributed by atoms with Gasteiger partial charge in [-0.05, 0) is 30.3 Å². The maximum atomic E-state index is 12.1. The van der Waals surface area contributed by atoms with E-state index in [1.807, 2.05) is 23.6 Å². The molecule has 0 saturated heterocycles. The third-order valence-electron chi connectivity index (χ3n) is 2.86. The molecule has 0 unspecified atom stereocenters. The number of carbonyl (C=O) groups is 1. The number of amides is 1. The molecule has 5 nitrogen and oxygen atoms in total. The van der Waals surface area contributed by atoms with Crippen LogP contribution in [0.5, 0.6) is 5.75 Å². The second-order valence-electron chi connectivity index (χ2n) is 4.37. The van der Waals surface area contributed by atoms with Gasteiger partial charge in [0.1, 0.15) is 11.4 Å². The van der Waals surface area contributed by atoms with Crippen LogP contribution in [-0.4, -0.2) is 21.0 Å². The van der Waals surface area contributed by atoms with Crippen LogP contribution in [0, 0.1) is 0 Å². The number of benzene rings is 1. The number of nitrogens with one attached hydrogen (secondary N) is 1. The van der Waals surface area contributed by atoms with E-state index in [0.717, 1.165) is 5.69 Å². The van der Waals surface area contributed by atoms with E-state index in [9.17, 15) is 9.90 Å². The van der Waals surface area contributed by atoms with Gasteiger partial charge in [-0.3, -0.25) is 15.1 Å². The number of hydrogen-bond donors (Lipinski definition) is 2. The van der Waals surface area contributed by atoms with E-state index in [-0.39, 0.29) is 16.7 Å². The number of halogens is 1. The molecule has 0 fully saturated rings. The number of anilines is 1. The van der Waals surface area contributed by atoms with Crippen molar-refractivity contribution in [1.82, 2.24) is 9.97 Å². The molecule has 0 aliphatic rings. The Kier molecular flexibility index (Phi) is 4.04. The first-order chi connectivity index (χ1) is 10.6. The first-order valence-corrected chi connectivity index (χ1v) is 7.56. The van der Waals surface area contributed by atoms with Crippen LogP contribution in [-0.2, 0) is 0 Å². The van der Waals surface area contributed by atoms with Crippen LogP contribution >= 0.6 is 22.9 Å². The fourth-order valence-electron chi connectivity index (χ4n) is 1.78. The Morgan fingerprint density at radius 1 is 1.23 bits per heavy atom. The summed E-state index contributed by atoms with van der Waals surface area (Å²) in [6.07, 6.45) is 1.69. The third-order valence-corrected chi connectivity index (χ3v) is 3.92. The predicted octanol–water partition coefficient (Wildman–Crippen LogP) is 3.82. The summed E-state index contributed by atoms with van der Waals surface area (Å²) in [6.45, 7) is 0. The Morgan fingerprint density at radius 2 is 2.09 bits per heavy atom. The molecule has 0 atom stereocenters. The second kappa shape index (κ2) is 6.13. The molecule has 3 rings (SSSR count). The van der Waals surface area contributed by atoms with E-state index in [4.69, 9.17) is 11.6 Å². The zero-order valence-corrected chi connectivity index (χ0v) is 12.7. The average molecular weight is 332 g/mol. The van der Waals surface area contributed by atoms with Gasteiger partial charge in [0, 0.05) is 17.1 Å². The molecule has 0 bridgehead atoms. The number of phenolic OH excluding ortho intramolecular Hbond substituents is 1. The third kappa shape index (κ3) is 3.08. The minimum absolute atomic E-state index is 0.0649. The van der Waals surface area contributed by atoms with Gasteiger partial charge < -0.3 is 5.11 Å². The van der Waals surface area contributed by atoms with Gasteiger partial charge in [0.2, 0.25) is 0 Å². The molecule has 2 heterocycles. The first-order valence-electron chi connectivity index (χ1n) is 6.30. The van der Waals surface area contributed by atoms with Crippen molar-refractivity contribution in [3.05, 3.63) is 58.6 Å². The lowest BCUT2D eigenvalue weighted by Crippen LogP contribution is -2.11. The maximum absolute atomic E-state index is 12.1. The Labute approximate surface area is 135 Å². The van der Waals surface area contributed by atoms with Crippen molar-refractivity contribution in [2.45, 2.75) is 0 Å². The molecule has 2 aromatic heterocycles. The number of rotatable bonds is 3. The topological polar surface area (TPSA) is 75.1 Å². The van der Waals surface area contributed by atoms with Gasteiger partial charge in [0.25, 0.3) is 5.91 Å². The summed E-state index contributed by atoms with van der Waals surface area (Å²) in [4.78, 5) is 20.7. The molecule has 0 spiro atoms. The van der Waals surface area contributed by atoms with Gasteiger partial charge in [-0.2, -0.15) is 0 Å². The van der Waals surface area contributed by atoms with Crippen molar-refractivity contribution < 1.29 is 9.90 Å². The number of hydrogen-bond acceptors (Lipinski definition) is 5. The minimum atomic E-state index is -0.344. The van der Waals surface area contributed by atoms with Crippen molar-refractivity contribution in [1.29, 1.82) is 0 Å². The summed E-state index contributed by atoms with van der Waals surface area (Å²) in [6, 6.07) is 9.81. The lowest BCUT2D eigenvalue weighted by atomic mass is 10.2. The van der Waals surface area contributed by atoms with Gasteiger partial charge in [-0.1, -0.05) is 17.7 Å². The standard InChI is InChI=1S/C15H10ClN3O2S/c16-10-7-9(4-5-13(10)20)14(21)19-15-18-12(8-22-15)11-3-1-2-6-17-11/h1-8,20H,(H,18,19,21). The number of aromatic nitrogens is 2. The fourth-order valence-corrected chi connectivity index (χ4v) is 2.66. The quantitative estimate of drug-likeness (QED) is 0.765. The van der Waals surface area contributed by atoms with Gasteiger partial charge >= 0.3 is 0 Å². The summed E-state index contributed by atoms with van der Waals surface area (Å²) in [5.74, 6) is -0.409. The van der Waals surface area contributed by atoms with Crippen LogP contribution in [0.2, 0.25) is 5.02 Å². The summed E-state index contributed by atoms with van der Waals surface area (Å²) in [5.41, 5.74) is 1.79. The van der Waals surface area contributed by atoms with E-state index in [1.165, 1.54) is 29.5 Å². The minimum Gasteiger partial charge on any atom is -0.506 e. The van der Waals surface area contributed by atoms with Crippen LogP contribution in [0.3, 0.4) is 0 Å². The van der Waals surface area contributed by atoms with Crippen LogP contribution in [0.4, 0.5) is 5.13 Å². The Balaban J connectivity index is 1.77. The summed E-state index contributed by atoms with van der Waals surface area (Å²) >= 11 is 7.10. The van der Waals surface area contributed by atoms with E-state index in [2.05, 4.69) is 15.3 Å². The van der Waals surface area contributed by atoms with E-state index in [1.54, 1.807) is 6.20 Å². The number of aromatic hydroxyl groups is 1. The zero-order valence-electron chi connectivity index (χ0n) is 11.2. The Morgan fingerprint density at radius 3 is 2.82 bits per heavy atom. The highest BCUT2D eigenvalue weighted by molar-refractivity contribution is 7.14. The average Bonchev–Trinajstić information content (AvgIpc) is 2.99. The molecule has 0 radical (unpaired) electrons. The fraction of sp³-hybridized carbons (Fsp3) is 0. The highest BCUT2D eigenvalue weighted by atomic mass is 35.5. The Bertz CT molecular complexity index is 821. The molecule has 2 N–H and O–H groups in total. The molecule has 7 heteroatoms. The molecule has 110 valence electrons. The predicted molar refractivity (Wildman–Crippen MR) is 86.4 cm³/mol. The zero-order chi connectivity index (χ0) is 15.5. The van der Waals surface area contributed by atoms with Gasteiger partial charge in [-0.15, -0.1) is 11.3 Å². The summed E-state index contributed by atoms with van der Waals surface area (Å²) in [7, 11) is 0. The van der Waals surface area contributed by atoms with Crippen molar-refractivity contribution in [3.8, 4) is 17.1 Å². The molecule has 0 aliphatic heterocycles. The SMILES string of the molecule is O=C(Nc1nc(-c2ccccn2)cs1)c1ccc(O)c(Cl)c1. The van der Waals surface area contributed by atoms with Gasteiger partial charge in [0.15, 0.2) is 5.13 Å². The monoisotopic (exact) mass is 331 g/mol. The smallest absolute Gasteiger partial charge is 0.257 e. The van der Waals surface area contributed by atoms with Crippen molar-refractivity contribution >= 4 is 34.0 Å². The number of carbonyl (C=O) groups excluding carboxylic acids is 1. The van der Waals surface area contributed by atoms with Crippen LogP contribution in [0.25, 0.3) is 11.4 Å². The normalized spacial score (nSPS) is 10.4. The summed E-state index contributed by atoms with van der Waals surface area (Å²) < 4.78 is 0. The first kappa shape index (κ1) is 14.5. The molecule has 22 heavy (non-hydrogen) atoms. The second-order valence-corrected chi connectivity index (χ2v) is 5.64. The lowest BCUT2D eigenvalue weighted by Gasteiger charge is -2.03. The molecule has 1 aromatic carbocycles. The highest BCUT2D eigenvalue weighted by Crippen LogP contribution is 2.26. The van der Waals surface area contributed by atoms with Crippen LogP contribution in [0.15, 0.2) is 48.0 Å². The molecular formula is C15H10ClN3O2S. The Hall–Kier alpha value is -2.44. The van der Waals surface area contributed by atoms with Gasteiger partial charge in [0.05, 0.1) is 10.7 Å². The van der Waals surface area contributed by atoms with Crippen molar-refractivity contribution in [2.24, 2.45) is 0 Å². The largest absolute Gasteiger partial charge is 0.506 e. The number of pyridine rings is 1. The number of nitrogens with zero attached hydrogens (tertiary/aromatic N) is 2. The maximum Gasteiger partial charge on any atom is 0.257 e.